The summed E-state index contributed by atoms with van der Waals surface area (Å²) in [7, 11) is 4.72. The van der Waals surface area contributed by atoms with Gasteiger partial charge in [0.05, 0.1) is 21.3 Å². The maximum atomic E-state index is 14.1. The molecule has 1 amide bonds. The molecule has 1 unspecified atom stereocenters. The van der Waals surface area contributed by atoms with Crippen molar-refractivity contribution in [2.24, 2.45) is 5.92 Å². The Kier molecular flexibility index (Phi) is 10.1. The van der Waals surface area contributed by atoms with E-state index in [2.05, 4.69) is 0 Å². The third-order valence-corrected chi connectivity index (χ3v) is 7.66. The zero-order valence-corrected chi connectivity index (χ0v) is 23.6. The molecule has 1 fully saturated rings. The third kappa shape index (κ3) is 7.14. The van der Waals surface area contributed by atoms with Crippen molar-refractivity contribution in [3.05, 3.63) is 77.9 Å². The van der Waals surface area contributed by atoms with Crippen molar-refractivity contribution in [2.75, 3.05) is 26.2 Å². The van der Waals surface area contributed by atoms with Crippen LogP contribution in [0.15, 0.2) is 66.7 Å². The second-order valence-electron chi connectivity index (χ2n) is 10.3. The molecule has 0 aliphatic heterocycles. The predicted molar refractivity (Wildman–Crippen MR) is 155 cm³/mol. The fourth-order valence-corrected chi connectivity index (χ4v) is 5.53. The molecule has 1 aliphatic rings. The van der Waals surface area contributed by atoms with Gasteiger partial charge in [0.25, 0.3) is 0 Å². The summed E-state index contributed by atoms with van der Waals surface area (Å²) in [5.41, 5.74) is 2.17. The molecule has 0 spiro atoms. The van der Waals surface area contributed by atoms with Crippen LogP contribution in [-0.4, -0.2) is 38.1 Å². The molecular weight excluding hydrogens is 506 g/mol. The standard InChI is InChI=1S/C33H39NO6/c1-38-28-11-7-10-24(20-28)12-19-32(37)34(26-15-18-30(39-2)31(22-26)40-3)33(25-13-16-27(35)17-14-25)29(36)21-23-8-5-4-6-9-23/h7,10-11,13-18,20,22-23,33,35H,4-6,8-9,12,19,21H2,1-3H3. The van der Waals surface area contributed by atoms with Crippen LogP contribution in [0.1, 0.15) is 62.1 Å². The fraction of sp³-hybridized carbons (Fsp3) is 0.394. The van der Waals surface area contributed by atoms with Crippen LogP contribution >= 0.6 is 0 Å². The number of hydrogen-bond donors (Lipinski definition) is 1. The van der Waals surface area contributed by atoms with Crippen LogP contribution in [0.4, 0.5) is 5.69 Å². The highest BCUT2D eigenvalue weighted by molar-refractivity contribution is 6.02. The topological polar surface area (TPSA) is 85.3 Å². The molecule has 1 N–H and O–H groups in total. The number of hydrogen-bond acceptors (Lipinski definition) is 6. The van der Waals surface area contributed by atoms with E-state index in [1.807, 2.05) is 24.3 Å². The molecule has 0 saturated heterocycles. The van der Waals surface area contributed by atoms with Crippen LogP contribution in [-0.2, 0) is 16.0 Å². The monoisotopic (exact) mass is 545 g/mol. The van der Waals surface area contributed by atoms with Crippen molar-refractivity contribution in [2.45, 2.75) is 57.4 Å². The van der Waals surface area contributed by atoms with Crippen LogP contribution < -0.4 is 19.1 Å². The first-order valence-electron chi connectivity index (χ1n) is 13.9. The lowest BCUT2D eigenvalue weighted by Gasteiger charge is -2.33. The number of phenols is 1. The molecule has 0 bridgehead atoms. The number of ether oxygens (including phenoxy) is 3. The Balaban J connectivity index is 1.74. The zero-order valence-electron chi connectivity index (χ0n) is 23.6. The van der Waals surface area contributed by atoms with Gasteiger partial charge >= 0.3 is 0 Å². The molecule has 3 aromatic carbocycles. The van der Waals surface area contributed by atoms with Crippen LogP contribution in [0, 0.1) is 5.92 Å². The molecule has 3 aromatic rings. The van der Waals surface area contributed by atoms with E-state index in [-0.39, 0.29) is 23.9 Å². The Bertz CT molecular complexity index is 1280. The number of aromatic hydroxyl groups is 1. The van der Waals surface area contributed by atoms with Crippen molar-refractivity contribution in [1.82, 2.24) is 0 Å². The number of anilines is 1. The van der Waals surface area contributed by atoms with Gasteiger partial charge in [0, 0.05) is 24.6 Å². The number of phenolic OH excluding ortho intramolecular Hbond substituents is 1. The molecule has 1 atom stereocenters. The number of nitrogens with zero attached hydrogens (tertiary/aromatic N) is 1. The highest BCUT2D eigenvalue weighted by atomic mass is 16.5. The summed E-state index contributed by atoms with van der Waals surface area (Å²) in [6.45, 7) is 0. The molecule has 7 nitrogen and oxygen atoms in total. The van der Waals surface area contributed by atoms with Gasteiger partial charge < -0.3 is 19.3 Å². The summed E-state index contributed by atoms with van der Waals surface area (Å²) in [6, 6.07) is 18.6. The highest BCUT2D eigenvalue weighted by Crippen LogP contribution is 2.38. The lowest BCUT2D eigenvalue weighted by atomic mass is 9.83. The first-order chi connectivity index (χ1) is 19.4. The largest absolute Gasteiger partial charge is 0.508 e. The average Bonchev–Trinajstić information content (AvgIpc) is 2.99. The molecule has 1 aliphatic carbocycles. The summed E-state index contributed by atoms with van der Waals surface area (Å²) >= 11 is 0. The predicted octanol–water partition coefficient (Wildman–Crippen LogP) is 6.66. The van der Waals surface area contributed by atoms with Gasteiger partial charge in [-0.25, -0.2) is 0 Å². The molecule has 0 aromatic heterocycles. The first-order valence-corrected chi connectivity index (χ1v) is 13.9. The minimum atomic E-state index is -0.849. The molecule has 0 radical (unpaired) electrons. The normalized spacial score (nSPS) is 14.3. The van der Waals surface area contributed by atoms with E-state index < -0.39 is 6.04 Å². The summed E-state index contributed by atoms with van der Waals surface area (Å²) in [4.78, 5) is 29.8. The number of rotatable bonds is 12. The van der Waals surface area contributed by atoms with E-state index >= 15 is 0 Å². The molecule has 7 heteroatoms. The van der Waals surface area contributed by atoms with E-state index in [0.717, 1.165) is 37.0 Å². The first kappa shape index (κ1) is 29.0. The number of aryl methyl sites for hydroxylation is 1. The van der Waals surface area contributed by atoms with Gasteiger partial charge in [0.1, 0.15) is 17.5 Å². The number of ketones is 1. The Labute approximate surface area is 236 Å². The quantitative estimate of drug-likeness (QED) is 0.274. The zero-order chi connectivity index (χ0) is 28.5. The summed E-state index contributed by atoms with van der Waals surface area (Å²) in [5, 5.41) is 9.98. The van der Waals surface area contributed by atoms with Crippen LogP contribution in [0.2, 0.25) is 0 Å². The lowest BCUT2D eigenvalue weighted by Crippen LogP contribution is -2.40. The Morgan fingerprint density at radius 2 is 1.60 bits per heavy atom. The molecular formula is C33H39NO6. The van der Waals surface area contributed by atoms with E-state index in [1.54, 1.807) is 68.7 Å². The van der Waals surface area contributed by atoms with Gasteiger partial charge in [0.15, 0.2) is 17.3 Å². The number of Topliss-reactive ketones (excluding diaryl/α,β-unsaturated/α-hetero) is 1. The van der Waals surface area contributed by atoms with E-state index in [1.165, 1.54) is 6.42 Å². The smallest absolute Gasteiger partial charge is 0.228 e. The van der Waals surface area contributed by atoms with Gasteiger partial charge in [-0.1, -0.05) is 56.4 Å². The number of benzene rings is 3. The number of amides is 1. The Morgan fingerprint density at radius 3 is 2.27 bits per heavy atom. The summed E-state index contributed by atoms with van der Waals surface area (Å²) in [6.07, 6.45) is 6.57. The molecule has 40 heavy (non-hydrogen) atoms. The van der Waals surface area contributed by atoms with Crippen molar-refractivity contribution in [3.63, 3.8) is 0 Å². The van der Waals surface area contributed by atoms with Gasteiger partial charge in [-0.15, -0.1) is 0 Å². The minimum absolute atomic E-state index is 0.0119. The molecule has 1 saturated carbocycles. The summed E-state index contributed by atoms with van der Waals surface area (Å²) < 4.78 is 16.3. The SMILES string of the molecule is COc1cccc(CCC(=O)N(c2ccc(OC)c(OC)c2)C(C(=O)CC2CCCCC2)c2ccc(O)cc2)c1. The van der Waals surface area contributed by atoms with Crippen molar-refractivity contribution >= 4 is 17.4 Å². The number of methoxy groups -OCH3 is 3. The molecule has 4 rings (SSSR count). The van der Waals surface area contributed by atoms with Gasteiger partial charge in [0.2, 0.25) is 5.91 Å². The molecule has 0 heterocycles. The fourth-order valence-electron chi connectivity index (χ4n) is 5.53. The Morgan fingerprint density at radius 1 is 0.875 bits per heavy atom. The van der Waals surface area contributed by atoms with Gasteiger partial charge in [-0.2, -0.15) is 0 Å². The van der Waals surface area contributed by atoms with E-state index in [9.17, 15) is 14.7 Å². The number of carbonyl (C=O) groups is 2. The van der Waals surface area contributed by atoms with E-state index in [0.29, 0.717) is 41.5 Å². The second-order valence-corrected chi connectivity index (χ2v) is 10.3. The van der Waals surface area contributed by atoms with Crippen LogP contribution in [0.3, 0.4) is 0 Å². The lowest BCUT2D eigenvalue weighted by molar-refractivity contribution is -0.126. The average molecular weight is 546 g/mol. The minimum Gasteiger partial charge on any atom is -0.508 e. The maximum absolute atomic E-state index is 14.1. The number of carbonyl (C=O) groups excluding carboxylic acids is 2. The van der Waals surface area contributed by atoms with Crippen molar-refractivity contribution < 1.29 is 28.9 Å². The third-order valence-electron chi connectivity index (χ3n) is 7.66. The van der Waals surface area contributed by atoms with Crippen molar-refractivity contribution in [3.8, 4) is 23.0 Å². The van der Waals surface area contributed by atoms with Crippen LogP contribution in [0.25, 0.3) is 0 Å². The molecule has 212 valence electrons. The van der Waals surface area contributed by atoms with Gasteiger partial charge in [-0.3, -0.25) is 14.5 Å². The van der Waals surface area contributed by atoms with Crippen LogP contribution in [0.5, 0.6) is 23.0 Å². The van der Waals surface area contributed by atoms with Gasteiger partial charge in [-0.05, 0) is 59.9 Å². The second kappa shape index (κ2) is 13.9. The summed E-state index contributed by atoms with van der Waals surface area (Å²) in [5.74, 6) is 1.93. The highest BCUT2D eigenvalue weighted by Gasteiger charge is 2.34. The Hall–Kier alpha value is -4.00. The van der Waals surface area contributed by atoms with E-state index in [4.69, 9.17) is 14.2 Å². The maximum Gasteiger partial charge on any atom is 0.228 e. The van der Waals surface area contributed by atoms with Crippen molar-refractivity contribution in [1.29, 1.82) is 0 Å².